The van der Waals surface area contributed by atoms with Gasteiger partial charge in [0.05, 0.1) is 18.5 Å². The summed E-state index contributed by atoms with van der Waals surface area (Å²) in [6, 6.07) is 9.70. The number of carbonyl (C=O) groups is 1. The first-order valence-corrected chi connectivity index (χ1v) is 6.07. The quantitative estimate of drug-likeness (QED) is 0.796. The highest BCUT2D eigenvalue weighted by Gasteiger charge is 2.19. The highest BCUT2D eigenvalue weighted by atomic mass is 16.7. The van der Waals surface area contributed by atoms with Gasteiger partial charge in [-0.15, -0.1) is 0 Å². The number of hydrogen-bond acceptors (Lipinski definition) is 4. The molecule has 2 aromatic rings. The molecule has 0 radical (unpaired) electrons. The van der Waals surface area contributed by atoms with Crippen LogP contribution in [0, 0.1) is 6.92 Å². The van der Waals surface area contributed by atoms with Crippen molar-refractivity contribution in [3.05, 3.63) is 41.7 Å². The van der Waals surface area contributed by atoms with E-state index in [1.165, 1.54) is 7.11 Å². The molecule has 0 fully saturated rings. The van der Waals surface area contributed by atoms with Crippen LogP contribution < -0.4 is 4.74 Å². The van der Waals surface area contributed by atoms with Crippen molar-refractivity contribution in [1.82, 2.24) is 9.78 Å². The number of hydrogen-bond donors (Lipinski definition) is 0. The minimum Gasteiger partial charge on any atom is -0.437 e. The fourth-order valence-corrected chi connectivity index (χ4v) is 1.86. The van der Waals surface area contributed by atoms with Gasteiger partial charge < -0.3 is 9.47 Å². The summed E-state index contributed by atoms with van der Waals surface area (Å²) in [6.45, 7) is 3.82. The second kappa shape index (κ2) is 5.56. The second-order valence-corrected chi connectivity index (χ2v) is 4.02. The summed E-state index contributed by atoms with van der Waals surface area (Å²) in [5.41, 5.74) is 2.43. The van der Waals surface area contributed by atoms with Gasteiger partial charge >= 0.3 is 6.16 Å². The molecule has 1 aromatic heterocycles. The van der Waals surface area contributed by atoms with Gasteiger partial charge in [0, 0.05) is 0 Å². The zero-order valence-corrected chi connectivity index (χ0v) is 11.2. The summed E-state index contributed by atoms with van der Waals surface area (Å²) >= 11 is 0. The van der Waals surface area contributed by atoms with Gasteiger partial charge in [-0.2, -0.15) is 5.10 Å². The smallest absolute Gasteiger partial charge is 0.437 e. The van der Waals surface area contributed by atoms with Crippen LogP contribution in [-0.2, 0) is 11.2 Å². The summed E-state index contributed by atoms with van der Waals surface area (Å²) in [4.78, 5) is 11.3. The predicted octanol–water partition coefficient (Wildman–Crippen LogP) is 2.89. The predicted molar refractivity (Wildman–Crippen MR) is 70.7 cm³/mol. The number of rotatable bonds is 3. The fourth-order valence-electron chi connectivity index (χ4n) is 1.86. The minimum atomic E-state index is -0.731. The van der Waals surface area contributed by atoms with Gasteiger partial charge in [0.2, 0.25) is 0 Å². The zero-order chi connectivity index (χ0) is 13.8. The SMILES string of the molecule is CCc1nn(-c2ccccc2)c(C)c1OC(=O)OC. The van der Waals surface area contributed by atoms with Gasteiger partial charge in [0.1, 0.15) is 5.69 Å². The molecule has 2 rings (SSSR count). The Morgan fingerprint density at radius 2 is 2.00 bits per heavy atom. The standard InChI is InChI=1S/C14H16N2O3/c1-4-12-13(19-14(17)18-3)10(2)16(15-12)11-8-6-5-7-9-11/h5-9H,4H2,1-3H3. The number of methoxy groups -OCH3 is 1. The number of aryl methyl sites for hydroxylation is 1. The molecular weight excluding hydrogens is 244 g/mol. The van der Waals surface area contributed by atoms with E-state index in [2.05, 4.69) is 9.84 Å². The van der Waals surface area contributed by atoms with Gasteiger partial charge in [-0.3, -0.25) is 0 Å². The molecule has 0 aliphatic rings. The van der Waals surface area contributed by atoms with E-state index in [1.807, 2.05) is 44.2 Å². The summed E-state index contributed by atoms with van der Waals surface area (Å²) in [5, 5.41) is 4.47. The number of para-hydroxylation sites is 1. The van der Waals surface area contributed by atoms with Crippen molar-refractivity contribution in [1.29, 1.82) is 0 Å². The van der Waals surface area contributed by atoms with Crippen LogP contribution in [0.15, 0.2) is 30.3 Å². The van der Waals surface area contributed by atoms with E-state index in [0.717, 1.165) is 17.1 Å². The number of aromatic nitrogens is 2. The third kappa shape index (κ3) is 2.59. The molecule has 0 aliphatic heterocycles. The summed E-state index contributed by atoms with van der Waals surface area (Å²) in [7, 11) is 1.28. The second-order valence-electron chi connectivity index (χ2n) is 4.02. The molecule has 0 amide bonds. The van der Waals surface area contributed by atoms with E-state index in [4.69, 9.17) is 4.74 Å². The first-order valence-electron chi connectivity index (χ1n) is 6.07. The maximum atomic E-state index is 11.3. The molecule has 0 N–H and O–H groups in total. The highest BCUT2D eigenvalue weighted by Crippen LogP contribution is 2.26. The molecular formula is C14H16N2O3. The molecule has 19 heavy (non-hydrogen) atoms. The molecule has 0 aliphatic carbocycles. The lowest BCUT2D eigenvalue weighted by molar-refractivity contribution is 0.120. The summed E-state index contributed by atoms with van der Waals surface area (Å²) in [5.74, 6) is 0.471. The average molecular weight is 260 g/mol. The molecule has 0 atom stereocenters. The third-order valence-electron chi connectivity index (χ3n) is 2.82. The third-order valence-corrected chi connectivity index (χ3v) is 2.82. The van der Waals surface area contributed by atoms with Gasteiger partial charge in [0.15, 0.2) is 5.75 Å². The Balaban J connectivity index is 2.45. The Kier molecular flexibility index (Phi) is 3.85. The van der Waals surface area contributed by atoms with Crippen LogP contribution in [0.2, 0.25) is 0 Å². The van der Waals surface area contributed by atoms with Crippen LogP contribution in [0.1, 0.15) is 18.3 Å². The molecule has 0 saturated carbocycles. The Hall–Kier alpha value is -2.30. The molecule has 100 valence electrons. The molecule has 5 nitrogen and oxygen atoms in total. The topological polar surface area (TPSA) is 53.4 Å². The minimum absolute atomic E-state index is 0.471. The van der Waals surface area contributed by atoms with E-state index in [0.29, 0.717) is 12.2 Å². The lowest BCUT2D eigenvalue weighted by atomic mass is 10.3. The largest absolute Gasteiger partial charge is 0.513 e. The summed E-state index contributed by atoms with van der Waals surface area (Å²) < 4.78 is 11.5. The molecule has 0 bridgehead atoms. The van der Waals surface area contributed by atoms with Gasteiger partial charge in [-0.25, -0.2) is 9.48 Å². The Morgan fingerprint density at radius 3 is 2.58 bits per heavy atom. The van der Waals surface area contributed by atoms with Crippen LogP contribution in [0.25, 0.3) is 5.69 Å². The average Bonchev–Trinajstić information content (AvgIpc) is 2.76. The first kappa shape index (κ1) is 13.1. The zero-order valence-electron chi connectivity index (χ0n) is 11.2. The van der Waals surface area contributed by atoms with Gasteiger partial charge in [0.25, 0.3) is 0 Å². The Morgan fingerprint density at radius 1 is 1.32 bits per heavy atom. The molecule has 0 saturated heterocycles. The normalized spacial score (nSPS) is 10.3. The number of benzene rings is 1. The van der Waals surface area contributed by atoms with Crippen molar-refractivity contribution in [2.75, 3.05) is 7.11 Å². The lowest BCUT2D eigenvalue weighted by Crippen LogP contribution is -2.09. The van der Waals surface area contributed by atoms with Crippen LogP contribution in [-0.4, -0.2) is 23.0 Å². The molecule has 1 aromatic carbocycles. The van der Waals surface area contributed by atoms with Crippen LogP contribution >= 0.6 is 0 Å². The Bertz CT molecular complexity index is 576. The first-order chi connectivity index (χ1) is 9.17. The number of nitrogens with zero attached hydrogens (tertiary/aromatic N) is 2. The van der Waals surface area contributed by atoms with Gasteiger partial charge in [-0.05, 0) is 25.5 Å². The molecule has 1 heterocycles. The fraction of sp³-hybridized carbons (Fsp3) is 0.286. The number of ether oxygens (including phenoxy) is 2. The molecule has 0 unspecified atom stereocenters. The number of carbonyl (C=O) groups excluding carboxylic acids is 1. The van der Waals surface area contributed by atoms with Crippen LogP contribution in [0.3, 0.4) is 0 Å². The van der Waals surface area contributed by atoms with Crippen LogP contribution in [0.5, 0.6) is 5.75 Å². The van der Waals surface area contributed by atoms with Crippen LogP contribution in [0.4, 0.5) is 4.79 Å². The van der Waals surface area contributed by atoms with E-state index < -0.39 is 6.16 Å². The van der Waals surface area contributed by atoms with Crippen molar-refractivity contribution in [3.8, 4) is 11.4 Å². The molecule has 5 heteroatoms. The Labute approximate surface area is 111 Å². The maximum Gasteiger partial charge on any atom is 0.513 e. The van der Waals surface area contributed by atoms with Crippen molar-refractivity contribution in [3.63, 3.8) is 0 Å². The highest BCUT2D eigenvalue weighted by molar-refractivity contribution is 5.64. The van der Waals surface area contributed by atoms with E-state index in [-0.39, 0.29) is 0 Å². The van der Waals surface area contributed by atoms with Crippen molar-refractivity contribution in [2.24, 2.45) is 0 Å². The monoisotopic (exact) mass is 260 g/mol. The lowest BCUT2D eigenvalue weighted by Gasteiger charge is -2.05. The van der Waals surface area contributed by atoms with Crippen molar-refractivity contribution in [2.45, 2.75) is 20.3 Å². The van der Waals surface area contributed by atoms with Crippen molar-refractivity contribution < 1.29 is 14.3 Å². The van der Waals surface area contributed by atoms with Crippen molar-refractivity contribution >= 4 is 6.16 Å². The van der Waals surface area contributed by atoms with E-state index in [1.54, 1.807) is 4.68 Å². The summed E-state index contributed by atoms with van der Waals surface area (Å²) in [6.07, 6.45) is -0.0575. The van der Waals surface area contributed by atoms with E-state index >= 15 is 0 Å². The van der Waals surface area contributed by atoms with E-state index in [9.17, 15) is 4.79 Å². The maximum absolute atomic E-state index is 11.3. The molecule has 0 spiro atoms. The van der Waals surface area contributed by atoms with Gasteiger partial charge in [-0.1, -0.05) is 25.1 Å².